The molecule has 0 aliphatic rings. The van der Waals surface area contributed by atoms with E-state index < -0.39 is 0 Å². The minimum absolute atomic E-state index is 0.147. The van der Waals surface area contributed by atoms with E-state index in [2.05, 4.69) is 5.32 Å². The standard InChI is InChI=1S/C17H16Cl4N2O/c1-23(10-11-5-6-12(18)15(21)9-11)8-7-16(24)22-17-13(19)3-2-4-14(17)20/h2-6,9H,7-8,10H2,1H3,(H,22,24). The Kier molecular flexibility index (Phi) is 7.20. The molecule has 0 aliphatic carbocycles. The van der Waals surface area contributed by atoms with Crippen molar-refractivity contribution in [2.45, 2.75) is 13.0 Å². The summed E-state index contributed by atoms with van der Waals surface area (Å²) in [7, 11) is 1.93. The molecule has 0 bridgehead atoms. The average molecular weight is 406 g/mol. The summed E-state index contributed by atoms with van der Waals surface area (Å²) >= 11 is 24.0. The number of nitrogens with one attached hydrogen (secondary N) is 1. The second-order valence-electron chi connectivity index (χ2n) is 5.38. The molecule has 128 valence electrons. The number of carbonyl (C=O) groups is 1. The lowest BCUT2D eigenvalue weighted by molar-refractivity contribution is -0.116. The van der Waals surface area contributed by atoms with E-state index in [1.807, 2.05) is 24.1 Å². The van der Waals surface area contributed by atoms with E-state index in [0.717, 1.165) is 5.56 Å². The zero-order chi connectivity index (χ0) is 17.7. The van der Waals surface area contributed by atoms with Gasteiger partial charge in [0.1, 0.15) is 0 Å². The molecule has 0 fully saturated rings. The summed E-state index contributed by atoms with van der Waals surface area (Å²) < 4.78 is 0. The number of amides is 1. The molecular formula is C17H16Cl4N2O. The molecule has 1 N–H and O–H groups in total. The normalized spacial score (nSPS) is 10.9. The Morgan fingerprint density at radius 1 is 1.00 bits per heavy atom. The van der Waals surface area contributed by atoms with Crippen molar-refractivity contribution in [1.82, 2.24) is 4.90 Å². The second kappa shape index (κ2) is 8.93. The topological polar surface area (TPSA) is 32.3 Å². The smallest absolute Gasteiger partial charge is 0.225 e. The van der Waals surface area contributed by atoms with Gasteiger partial charge in [0, 0.05) is 19.5 Å². The zero-order valence-corrected chi connectivity index (χ0v) is 16.0. The summed E-state index contributed by atoms with van der Waals surface area (Å²) in [5, 5.41) is 4.63. The lowest BCUT2D eigenvalue weighted by Crippen LogP contribution is -2.24. The van der Waals surface area contributed by atoms with Crippen LogP contribution in [-0.2, 0) is 11.3 Å². The van der Waals surface area contributed by atoms with Crippen LogP contribution in [0.25, 0.3) is 0 Å². The van der Waals surface area contributed by atoms with Crippen LogP contribution in [-0.4, -0.2) is 24.4 Å². The van der Waals surface area contributed by atoms with Gasteiger partial charge in [-0.15, -0.1) is 0 Å². The van der Waals surface area contributed by atoms with Crippen molar-refractivity contribution in [1.29, 1.82) is 0 Å². The number of hydrogen-bond acceptors (Lipinski definition) is 2. The Morgan fingerprint density at radius 2 is 1.67 bits per heavy atom. The fraction of sp³-hybridized carbons (Fsp3) is 0.235. The minimum atomic E-state index is -0.147. The first-order chi connectivity index (χ1) is 11.4. The maximum Gasteiger partial charge on any atom is 0.225 e. The third kappa shape index (κ3) is 5.54. The highest BCUT2D eigenvalue weighted by molar-refractivity contribution is 6.42. The van der Waals surface area contributed by atoms with Gasteiger partial charge in [-0.1, -0.05) is 58.5 Å². The first-order valence-electron chi connectivity index (χ1n) is 7.23. The molecule has 1 amide bonds. The Bertz CT molecular complexity index is 716. The molecule has 0 aromatic heterocycles. The zero-order valence-electron chi connectivity index (χ0n) is 13.0. The molecule has 2 aromatic rings. The lowest BCUT2D eigenvalue weighted by Gasteiger charge is -2.17. The third-order valence-electron chi connectivity index (χ3n) is 3.38. The fourth-order valence-corrected chi connectivity index (χ4v) is 2.95. The fourth-order valence-electron chi connectivity index (χ4n) is 2.14. The largest absolute Gasteiger partial charge is 0.324 e. The molecule has 0 aliphatic heterocycles. The van der Waals surface area contributed by atoms with Crippen LogP contribution in [0.15, 0.2) is 36.4 Å². The SMILES string of the molecule is CN(CCC(=O)Nc1c(Cl)cccc1Cl)Cc1ccc(Cl)c(Cl)c1. The molecular weight excluding hydrogens is 390 g/mol. The molecule has 0 atom stereocenters. The van der Waals surface area contributed by atoms with Crippen LogP contribution in [0.1, 0.15) is 12.0 Å². The van der Waals surface area contributed by atoms with E-state index in [1.165, 1.54) is 0 Å². The van der Waals surface area contributed by atoms with Crippen LogP contribution in [0.3, 0.4) is 0 Å². The maximum atomic E-state index is 12.1. The average Bonchev–Trinajstić information content (AvgIpc) is 2.53. The Labute approximate surface area is 161 Å². The van der Waals surface area contributed by atoms with E-state index >= 15 is 0 Å². The van der Waals surface area contributed by atoms with Crippen molar-refractivity contribution >= 4 is 58.0 Å². The summed E-state index contributed by atoms with van der Waals surface area (Å²) in [6.07, 6.45) is 0.319. The van der Waals surface area contributed by atoms with Gasteiger partial charge < -0.3 is 10.2 Å². The van der Waals surface area contributed by atoms with Gasteiger partial charge in [0.15, 0.2) is 0 Å². The predicted octanol–water partition coefficient (Wildman–Crippen LogP) is 5.76. The van der Waals surface area contributed by atoms with Gasteiger partial charge in [-0.05, 0) is 36.9 Å². The van der Waals surface area contributed by atoms with Gasteiger partial charge in [0.25, 0.3) is 0 Å². The molecule has 0 saturated heterocycles. The van der Waals surface area contributed by atoms with Gasteiger partial charge in [0.05, 0.1) is 25.8 Å². The van der Waals surface area contributed by atoms with Gasteiger partial charge in [0.2, 0.25) is 5.91 Å². The Balaban J connectivity index is 1.86. The highest BCUT2D eigenvalue weighted by Gasteiger charge is 2.11. The molecule has 0 radical (unpaired) electrons. The number of rotatable bonds is 6. The van der Waals surface area contributed by atoms with Crippen molar-refractivity contribution in [2.24, 2.45) is 0 Å². The molecule has 0 saturated carbocycles. The maximum absolute atomic E-state index is 12.1. The van der Waals surface area contributed by atoms with Crippen molar-refractivity contribution in [3.63, 3.8) is 0 Å². The molecule has 0 heterocycles. The summed E-state index contributed by atoms with van der Waals surface area (Å²) in [6.45, 7) is 1.24. The van der Waals surface area contributed by atoms with Crippen molar-refractivity contribution in [2.75, 3.05) is 18.9 Å². The lowest BCUT2D eigenvalue weighted by atomic mass is 10.2. The van der Waals surface area contributed by atoms with Crippen LogP contribution in [0.2, 0.25) is 20.1 Å². The first-order valence-corrected chi connectivity index (χ1v) is 8.74. The summed E-state index contributed by atoms with van der Waals surface area (Å²) in [5.41, 5.74) is 1.47. The van der Waals surface area contributed by atoms with Gasteiger partial charge in [-0.3, -0.25) is 4.79 Å². The molecule has 0 spiro atoms. The van der Waals surface area contributed by atoms with E-state index in [4.69, 9.17) is 46.4 Å². The van der Waals surface area contributed by atoms with Crippen molar-refractivity contribution in [3.8, 4) is 0 Å². The van der Waals surface area contributed by atoms with Crippen LogP contribution in [0.5, 0.6) is 0 Å². The van der Waals surface area contributed by atoms with Gasteiger partial charge in [-0.2, -0.15) is 0 Å². The number of carbonyl (C=O) groups excluding carboxylic acids is 1. The van der Waals surface area contributed by atoms with E-state index in [9.17, 15) is 4.79 Å². The summed E-state index contributed by atoms with van der Waals surface area (Å²) in [4.78, 5) is 14.1. The molecule has 2 aromatic carbocycles. The van der Waals surface area contributed by atoms with E-state index in [1.54, 1.807) is 24.3 Å². The number of benzene rings is 2. The Hall–Kier alpha value is -0.970. The molecule has 2 rings (SSSR count). The second-order valence-corrected chi connectivity index (χ2v) is 7.01. The predicted molar refractivity (Wildman–Crippen MR) is 103 cm³/mol. The van der Waals surface area contributed by atoms with Gasteiger partial charge >= 0.3 is 0 Å². The first kappa shape index (κ1) is 19.4. The van der Waals surface area contributed by atoms with Gasteiger partial charge in [-0.25, -0.2) is 0 Å². The van der Waals surface area contributed by atoms with E-state index in [0.29, 0.717) is 45.3 Å². The summed E-state index contributed by atoms with van der Waals surface area (Å²) in [5.74, 6) is -0.147. The van der Waals surface area contributed by atoms with Crippen LogP contribution >= 0.6 is 46.4 Å². The molecule has 0 unspecified atom stereocenters. The van der Waals surface area contributed by atoms with Crippen LogP contribution in [0.4, 0.5) is 5.69 Å². The molecule has 7 heteroatoms. The number of hydrogen-bond donors (Lipinski definition) is 1. The van der Waals surface area contributed by atoms with Crippen molar-refractivity contribution < 1.29 is 4.79 Å². The minimum Gasteiger partial charge on any atom is -0.324 e. The van der Waals surface area contributed by atoms with Crippen LogP contribution < -0.4 is 5.32 Å². The molecule has 3 nitrogen and oxygen atoms in total. The highest BCUT2D eigenvalue weighted by Crippen LogP contribution is 2.29. The Morgan fingerprint density at radius 3 is 2.29 bits per heavy atom. The number of para-hydroxylation sites is 1. The monoisotopic (exact) mass is 404 g/mol. The van der Waals surface area contributed by atoms with E-state index in [-0.39, 0.29) is 5.91 Å². The number of halogens is 4. The summed E-state index contributed by atoms with van der Waals surface area (Å²) in [6, 6.07) is 10.6. The quantitative estimate of drug-likeness (QED) is 0.662. The number of anilines is 1. The third-order valence-corrected chi connectivity index (χ3v) is 4.75. The highest BCUT2D eigenvalue weighted by atomic mass is 35.5. The van der Waals surface area contributed by atoms with Crippen LogP contribution in [0, 0.1) is 0 Å². The van der Waals surface area contributed by atoms with Crippen molar-refractivity contribution in [3.05, 3.63) is 62.1 Å². The molecule has 24 heavy (non-hydrogen) atoms. The number of nitrogens with zero attached hydrogens (tertiary/aromatic N) is 1.